The number of aromatic amines is 1. The molecule has 6 heteroatoms. The molecule has 0 amide bonds. The van der Waals surface area contributed by atoms with Crippen molar-refractivity contribution in [3.05, 3.63) is 59.4 Å². The fourth-order valence-corrected chi connectivity index (χ4v) is 4.48. The highest BCUT2D eigenvalue weighted by atomic mass is 19.1. The number of fused-ring (bicyclic) bond motifs is 1. The third-order valence-electron chi connectivity index (χ3n) is 6.31. The molecular weight excluding hydrogens is 389 g/mol. The van der Waals surface area contributed by atoms with Crippen LogP contribution in [0.4, 0.5) is 13.2 Å². The number of H-pyrrole nitrogens is 1. The van der Waals surface area contributed by atoms with Crippen LogP contribution < -0.4 is 5.32 Å². The van der Waals surface area contributed by atoms with Gasteiger partial charge in [-0.1, -0.05) is 13.8 Å². The molecule has 3 aromatic rings. The van der Waals surface area contributed by atoms with Crippen LogP contribution in [0.25, 0.3) is 22.2 Å². The lowest BCUT2D eigenvalue weighted by Crippen LogP contribution is -2.42. The molecule has 1 atom stereocenters. The lowest BCUT2D eigenvalue weighted by Gasteiger charge is -2.37. The third kappa shape index (κ3) is 3.98. The van der Waals surface area contributed by atoms with Gasteiger partial charge in [-0.15, -0.1) is 0 Å². The van der Waals surface area contributed by atoms with Crippen LogP contribution in [-0.2, 0) is 0 Å². The predicted octanol–water partition coefficient (Wildman–Crippen LogP) is 5.35. The van der Waals surface area contributed by atoms with E-state index in [0.717, 1.165) is 42.3 Å². The van der Waals surface area contributed by atoms with E-state index >= 15 is 0 Å². The molecule has 3 nitrogen and oxygen atoms in total. The molecule has 1 heterocycles. The second-order valence-electron chi connectivity index (χ2n) is 8.71. The molecule has 0 saturated heterocycles. The Labute approximate surface area is 174 Å². The molecule has 3 N–H and O–H groups in total. The van der Waals surface area contributed by atoms with Crippen molar-refractivity contribution >= 4 is 10.9 Å². The molecule has 0 radical (unpaired) electrons. The van der Waals surface area contributed by atoms with Crippen LogP contribution in [-0.4, -0.2) is 29.3 Å². The molecule has 1 unspecified atom stereocenters. The summed E-state index contributed by atoms with van der Waals surface area (Å²) in [5.74, 6) is -0.626. The zero-order chi connectivity index (χ0) is 21.4. The van der Waals surface area contributed by atoms with E-state index in [2.05, 4.69) is 24.1 Å². The minimum absolute atomic E-state index is 0.0649. The Morgan fingerprint density at radius 2 is 1.77 bits per heavy atom. The van der Waals surface area contributed by atoms with Crippen molar-refractivity contribution < 1.29 is 18.3 Å². The summed E-state index contributed by atoms with van der Waals surface area (Å²) >= 11 is 0. The maximum Gasteiger partial charge on any atom is 0.150 e. The first-order chi connectivity index (χ1) is 14.4. The fourth-order valence-electron chi connectivity index (χ4n) is 4.48. The lowest BCUT2D eigenvalue weighted by atomic mass is 9.70. The Bertz CT molecular complexity index is 1020. The summed E-state index contributed by atoms with van der Waals surface area (Å²) < 4.78 is 41.8. The zero-order valence-corrected chi connectivity index (χ0v) is 17.2. The molecule has 1 saturated carbocycles. The van der Waals surface area contributed by atoms with Gasteiger partial charge in [-0.3, -0.25) is 0 Å². The van der Waals surface area contributed by atoms with Crippen LogP contribution in [0.15, 0.2) is 36.4 Å². The summed E-state index contributed by atoms with van der Waals surface area (Å²) in [6.07, 6.45) is 1.78. The first-order valence-electron chi connectivity index (χ1n) is 10.5. The van der Waals surface area contributed by atoms with Gasteiger partial charge in [0.2, 0.25) is 0 Å². The molecule has 30 heavy (non-hydrogen) atoms. The fraction of sp³-hybridized carbons (Fsp3) is 0.417. The first kappa shape index (κ1) is 20.9. The number of hydrogen-bond acceptors (Lipinski definition) is 2. The van der Waals surface area contributed by atoms with Crippen LogP contribution in [0.5, 0.6) is 0 Å². The van der Waals surface area contributed by atoms with Gasteiger partial charge in [0.1, 0.15) is 17.5 Å². The van der Waals surface area contributed by atoms with Crippen molar-refractivity contribution in [2.24, 2.45) is 11.8 Å². The van der Waals surface area contributed by atoms with Crippen molar-refractivity contribution in [2.45, 2.75) is 38.6 Å². The van der Waals surface area contributed by atoms with Crippen molar-refractivity contribution in [3.8, 4) is 11.3 Å². The predicted molar refractivity (Wildman–Crippen MR) is 113 cm³/mol. The van der Waals surface area contributed by atoms with Gasteiger partial charge in [0.15, 0.2) is 0 Å². The molecule has 0 spiro atoms. The van der Waals surface area contributed by atoms with E-state index in [1.807, 2.05) is 0 Å². The van der Waals surface area contributed by atoms with Crippen LogP contribution in [0.3, 0.4) is 0 Å². The SMILES string of the molecule is CC(C)C(CO)NCC1CC(c2c(-c3ccc(F)cc3)[nH]c3c(F)cc(F)cc23)C1. The number of rotatable bonds is 7. The van der Waals surface area contributed by atoms with Crippen molar-refractivity contribution in [1.82, 2.24) is 10.3 Å². The Balaban J connectivity index is 1.62. The molecular formula is C24H27F3N2O. The molecule has 0 bridgehead atoms. The van der Waals surface area contributed by atoms with Gasteiger partial charge in [-0.25, -0.2) is 13.2 Å². The number of aromatic nitrogens is 1. The van der Waals surface area contributed by atoms with Gasteiger partial charge in [-0.05, 0) is 78.6 Å². The maximum absolute atomic E-state index is 14.4. The van der Waals surface area contributed by atoms with E-state index < -0.39 is 11.6 Å². The van der Waals surface area contributed by atoms with Gasteiger partial charge in [0.05, 0.1) is 17.8 Å². The number of benzene rings is 2. The molecule has 1 fully saturated rings. The van der Waals surface area contributed by atoms with E-state index in [4.69, 9.17) is 0 Å². The van der Waals surface area contributed by atoms with E-state index in [0.29, 0.717) is 17.2 Å². The summed E-state index contributed by atoms with van der Waals surface area (Å²) in [6, 6.07) is 8.38. The molecule has 2 aromatic carbocycles. The van der Waals surface area contributed by atoms with Gasteiger partial charge >= 0.3 is 0 Å². The van der Waals surface area contributed by atoms with Crippen LogP contribution in [0.2, 0.25) is 0 Å². The first-order valence-corrected chi connectivity index (χ1v) is 10.5. The summed E-state index contributed by atoms with van der Waals surface area (Å²) in [6.45, 7) is 5.04. The van der Waals surface area contributed by atoms with E-state index in [-0.39, 0.29) is 29.9 Å². The molecule has 1 aliphatic carbocycles. The van der Waals surface area contributed by atoms with E-state index in [1.54, 1.807) is 12.1 Å². The summed E-state index contributed by atoms with van der Waals surface area (Å²) in [4.78, 5) is 3.12. The van der Waals surface area contributed by atoms with E-state index in [9.17, 15) is 18.3 Å². The monoisotopic (exact) mass is 416 g/mol. The number of halogens is 3. The average Bonchev–Trinajstić information content (AvgIpc) is 3.03. The smallest absolute Gasteiger partial charge is 0.150 e. The summed E-state index contributed by atoms with van der Waals surface area (Å²) in [5, 5.41) is 13.5. The van der Waals surface area contributed by atoms with Crippen LogP contribution >= 0.6 is 0 Å². The van der Waals surface area contributed by atoms with Crippen LogP contribution in [0.1, 0.15) is 38.2 Å². The van der Waals surface area contributed by atoms with Crippen molar-refractivity contribution in [3.63, 3.8) is 0 Å². The highest BCUT2D eigenvalue weighted by molar-refractivity contribution is 5.92. The normalized spacial score (nSPS) is 20.0. The number of aliphatic hydroxyl groups excluding tert-OH is 1. The van der Waals surface area contributed by atoms with Crippen LogP contribution in [0, 0.1) is 29.3 Å². The van der Waals surface area contributed by atoms with Gasteiger partial charge in [-0.2, -0.15) is 0 Å². The Hall–Kier alpha value is -2.31. The summed E-state index contributed by atoms with van der Waals surface area (Å²) in [5.41, 5.74) is 2.66. The molecule has 160 valence electrons. The molecule has 1 aliphatic rings. The lowest BCUT2D eigenvalue weighted by molar-refractivity contribution is 0.184. The molecule has 1 aromatic heterocycles. The minimum Gasteiger partial charge on any atom is -0.395 e. The van der Waals surface area contributed by atoms with Gasteiger partial charge in [0, 0.05) is 17.5 Å². The summed E-state index contributed by atoms with van der Waals surface area (Å²) in [7, 11) is 0. The quantitative estimate of drug-likeness (QED) is 0.486. The Morgan fingerprint density at radius 1 is 1.07 bits per heavy atom. The number of aliphatic hydroxyl groups is 1. The molecule has 0 aliphatic heterocycles. The largest absolute Gasteiger partial charge is 0.395 e. The topological polar surface area (TPSA) is 48.0 Å². The highest BCUT2D eigenvalue weighted by Gasteiger charge is 2.35. The Morgan fingerprint density at radius 3 is 2.40 bits per heavy atom. The second kappa shape index (κ2) is 8.44. The van der Waals surface area contributed by atoms with Crippen molar-refractivity contribution in [1.29, 1.82) is 0 Å². The number of hydrogen-bond donors (Lipinski definition) is 3. The maximum atomic E-state index is 14.4. The van der Waals surface area contributed by atoms with Gasteiger partial charge in [0.25, 0.3) is 0 Å². The third-order valence-corrected chi connectivity index (χ3v) is 6.31. The van der Waals surface area contributed by atoms with E-state index in [1.165, 1.54) is 18.2 Å². The second-order valence-corrected chi connectivity index (χ2v) is 8.71. The van der Waals surface area contributed by atoms with Crippen molar-refractivity contribution in [2.75, 3.05) is 13.2 Å². The Kier molecular flexibility index (Phi) is 5.89. The minimum atomic E-state index is -0.625. The zero-order valence-electron chi connectivity index (χ0n) is 17.2. The average molecular weight is 416 g/mol. The standard InChI is InChI=1S/C24H27F3N2O/c1-13(2)21(12-30)28-11-14-7-16(8-14)22-19-9-18(26)10-20(27)24(19)29-23(22)15-3-5-17(25)6-4-15/h3-6,9-10,13-14,16,21,28-30H,7-8,11-12H2,1-2H3. The molecule has 4 rings (SSSR count). The van der Waals surface area contributed by atoms with Gasteiger partial charge < -0.3 is 15.4 Å². The number of nitrogens with one attached hydrogen (secondary N) is 2. The highest BCUT2D eigenvalue weighted by Crippen LogP contribution is 2.48.